The molecule has 122 valence electrons. The lowest BCUT2D eigenvalue weighted by Crippen LogP contribution is -2.45. The maximum atomic E-state index is 12.0. The predicted molar refractivity (Wildman–Crippen MR) is 88.1 cm³/mol. The lowest BCUT2D eigenvalue weighted by molar-refractivity contribution is -0.127. The van der Waals surface area contributed by atoms with Gasteiger partial charge < -0.3 is 19.9 Å². The van der Waals surface area contributed by atoms with Gasteiger partial charge in [-0.3, -0.25) is 4.79 Å². The van der Waals surface area contributed by atoms with E-state index in [4.69, 9.17) is 4.74 Å². The molecular formula is C17H27N3O2. The summed E-state index contributed by atoms with van der Waals surface area (Å²) in [4.78, 5) is 16.8. The molecule has 5 heteroatoms. The van der Waals surface area contributed by atoms with Crippen LogP contribution in [-0.4, -0.2) is 68.1 Å². The van der Waals surface area contributed by atoms with Gasteiger partial charge in [0.05, 0.1) is 0 Å². The van der Waals surface area contributed by atoms with Crippen LogP contribution in [0.1, 0.15) is 13.3 Å². The number of ether oxygens (including phenoxy) is 1. The zero-order valence-corrected chi connectivity index (χ0v) is 13.6. The van der Waals surface area contributed by atoms with E-state index < -0.39 is 6.10 Å². The molecule has 22 heavy (non-hydrogen) atoms. The Labute approximate surface area is 133 Å². The molecule has 1 fully saturated rings. The number of hydrogen-bond donors (Lipinski definition) is 1. The van der Waals surface area contributed by atoms with E-state index in [0.717, 1.165) is 44.9 Å². The lowest BCUT2D eigenvalue weighted by Gasteiger charge is -2.32. The van der Waals surface area contributed by atoms with Gasteiger partial charge in [-0.15, -0.1) is 0 Å². The third-order valence-electron chi connectivity index (χ3n) is 3.97. The fourth-order valence-electron chi connectivity index (χ4n) is 2.49. The zero-order chi connectivity index (χ0) is 15.8. The van der Waals surface area contributed by atoms with Crippen LogP contribution in [0.15, 0.2) is 30.3 Å². The Bertz CT molecular complexity index is 444. The van der Waals surface area contributed by atoms with E-state index in [9.17, 15) is 4.79 Å². The summed E-state index contributed by atoms with van der Waals surface area (Å²) in [6, 6.07) is 9.44. The number of benzene rings is 1. The Hall–Kier alpha value is -1.59. The summed E-state index contributed by atoms with van der Waals surface area (Å²) in [7, 11) is 2.16. The summed E-state index contributed by atoms with van der Waals surface area (Å²) in [5.74, 6) is 0.671. The van der Waals surface area contributed by atoms with Crippen molar-refractivity contribution in [3.05, 3.63) is 30.3 Å². The number of amides is 1. The quantitative estimate of drug-likeness (QED) is 0.769. The van der Waals surface area contributed by atoms with Gasteiger partial charge in [-0.1, -0.05) is 18.2 Å². The Morgan fingerprint density at radius 3 is 2.59 bits per heavy atom. The van der Waals surface area contributed by atoms with Crippen molar-refractivity contribution in [3.8, 4) is 5.75 Å². The molecule has 1 aliphatic heterocycles. The van der Waals surface area contributed by atoms with Crippen LogP contribution in [0.4, 0.5) is 0 Å². The van der Waals surface area contributed by atoms with Crippen molar-refractivity contribution >= 4 is 5.91 Å². The van der Waals surface area contributed by atoms with Gasteiger partial charge in [-0.05, 0) is 39.1 Å². The molecule has 0 bridgehead atoms. The maximum absolute atomic E-state index is 12.0. The number of para-hydroxylation sites is 1. The number of hydrogen-bond acceptors (Lipinski definition) is 4. The van der Waals surface area contributed by atoms with Crippen molar-refractivity contribution < 1.29 is 9.53 Å². The van der Waals surface area contributed by atoms with Gasteiger partial charge in [0.1, 0.15) is 5.75 Å². The molecule has 2 rings (SSSR count). The Morgan fingerprint density at radius 2 is 1.91 bits per heavy atom. The molecule has 1 aromatic rings. The third-order valence-corrected chi connectivity index (χ3v) is 3.97. The molecule has 1 aromatic carbocycles. The van der Waals surface area contributed by atoms with E-state index in [0.29, 0.717) is 6.54 Å². The van der Waals surface area contributed by atoms with Gasteiger partial charge in [0, 0.05) is 32.7 Å². The van der Waals surface area contributed by atoms with E-state index >= 15 is 0 Å². The SMILES string of the molecule is C[C@H](Oc1ccccc1)C(=O)NCCCN1CCN(C)CC1. The molecule has 0 unspecified atom stereocenters. The van der Waals surface area contributed by atoms with Crippen LogP contribution in [-0.2, 0) is 4.79 Å². The minimum Gasteiger partial charge on any atom is -0.481 e. The average Bonchev–Trinajstić information content (AvgIpc) is 2.54. The minimum atomic E-state index is -0.467. The molecule has 0 spiro atoms. The zero-order valence-electron chi connectivity index (χ0n) is 13.6. The lowest BCUT2D eigenvalue weighted by atomic mass is 10.3. The highest BCUT2D eigenvalue weighted by molar-refractivity contribution is 5.80. The first kappa shape index (κ1) is 16.8. The van der Waals surface area contributed by atoms with Crippen molar-refractivity contribution in [2.75, 3.05) is 46.3 Å². The van der Waals surface area contributed by atoms with Crippen LogP contribution in [0.3, 0.4) is 0 Å². The number of rotatable bonds is 7. The maximum Gasteiger partial charge on any atom is 0.260 e. The molecule has 1 atom stereocenters. The number of nitrogens with zero attached hydrogens (tertiary/aromatic N) is 2. The second kappa shape index (κ2) is 8.76. The first-order chi connectivity index (χ1) is 10.6. The highest BCUT2D eigenvalue weighted by Gasteiger charge is 2.15. The molecule has 1 heterocycles. The summed E-state index contributed by atoms with van der Waals surface area (Å²) in [5.41, 5.74) is 0. The predicted octanol–water partition coefficient (Wildman–Crippen LogP) is 1.21. The molecular weight excluding hydrogens is 278 g/mol. The van der Waals surface area contributed by atoms with Gasteiger partial charge in [-0.25, -0.2) is 0 Å². The van der Waals surface area contributed by atoms with E-state index in [1.807, 2.05) is 30.3 Å². The van der Waals surface area contributed by atoms with Crippen molar-refractivity contribution in [3.63, 3.8) is 0 Å². The van der Waals surface area contributed by atoms with E-state index in [-0.39, 0.29) is 5.91 Å². The number of piperazine rings is 1. The fraction of sp³-hybridized carbons (Fsp3) is 0.588. The molecule has 1 amide bonds. The van der Waals surface area contributed by atoms with Crippen LogP contribution in [0.25, 0.3) is 0 Å². The first-order valence-electron chi connectivity index (χ1n) is 8.05. The van der Waals surface area contributed by atoms with Crippen LogP contribution < -0.4 is 10.1 Å². The smallest absolute Gasteiger partial charge is 0.260 e. The number of carbonyl (C=O) groups is 1. The molecule has 0 aliphatic carbocycles. The molecule has 1 aliphatic rings. The minimum absolute atomic E-state index is 0.0535. The number of carbonyl (C=O) groups excluding carboxylic acids is 1. The molecule has 0 radical (unpaired) electrons. The Morgan fingerprint density at radius 1 is 1.23 bits per heavy atom. The van der Waals surface area contributed by atoms with E-state index in [2.05, 4.69) is 22.2 Å². The van der Waals surface area contributed by atoms with Crippen molar-refractivity contribution in [1.29, 1.82) is 0 Å². The van der Waals surface area contributed by atoms with Crippen molar-refractivity contribution in [2.24, 2.45) is 0 Å². The largest absolute Gasteiger partial charge is 0.481 e. The van der Waals surface area contributed by atoms with Crippen molar-refractivity contribution in [1.82, 2.24) is 15.1 Å². The van der Waals surface area contributed by atoms with Crippen LogP contribution in [0, 0.1) is 0 Å². The normalized spacial score (nSPS) is 17.9. The van der Waals surface area contributed by atoms with E-state index in [1.54, 1.807) is 6.92 Å². The summed E-state index contributed by atoms with van der Waals surface area (Å²) in [6.07, 6.45) is 0.513. The van der Waals surface area contributed by atoms with Gasteiger partial charge in [0.25, 0.3) is 5.91 Å². The molecule has 5 nitrogen and oxygen atoms in total. The summed E-state index contributed by atoms with van der Waals surface area (Å²) >= 11 is 0. The standard InChI is InChI=1S/C17H27N3O2/c1-15(22-16-7-4-3-5-8-16)17(21)18-9-6-10-20-13-11-19(2)12-14-20/h3-5,7-8,15H,6,9-14H2,1-2H3,(H,18,21)/t15-/m0/s1. The number of nitrogens with one attached hydrogen (secondary N) is 1. The van der Waals surface area contributed by atoms with Gasteiger partial charge >= 0.3 is 0 Å². The second-order valence-electron chi connectivity index (χ2n) is 5.86. The van der Waals surface area contributed by atoms with Gasteiger partial charge in [0.2, 0.25) is 0 Å². The monoisotopic (exact) mass is 305 g/mol. The van der Waals surface area contributed by atoms with E-state index in [1.165, 1.54) is 0 Å². The van der Waals surface area contributed by atoms with Crippen LogP contribution in [0.2, 0.25) is 0 Å². The van der Waals surface area contributed by atoms with Gasteiger partial charge in [-0.2, -0.15) is 0 Å². The molecule has 0 aromatic heterocycles. The fourth-order valence-corrected chi connectivity index (χ4v) is 2.49. The summed E-state index contributed by atoms with van der Waals surface area (Å²) in [5, 5.41) is 2.95. The Kier molecular flexibility index (Phi) is 6.68. The third kappa shape index (κ3) is 5.66. The van der Waals surface area contributed by atoms with Crippen LogP contribution >= 0.6 is 0 Å². The van der Waals surface area contributed by atoms with Crippen molar-refractivity contribution in [2.45, 2.75) is 19.4 Å². The Balaban J connectivity index is 1.59. The number of likely N-dealkylation sites (N-methyl/N-ethyl adjacent to an activating group) is 1. The summed E-state index contributed by atoms with van der Waals surface area (Å²) in [6.45, 7) is 8.04. The molecule has 0 saturated carbocycles. The topological polar surface area (TPSA) is 44.8 Å². The second-order valence-corrected chi connectivity index (χ2v) is 5.86. The molecule has 1 saturated heterocycles. The van der Waals surface area contributed by atoms with Gasteiger partial charge in [0.15, 0.2) is 6.10 Å². The summed E-state index contributed by atoms with van der Waals surface area (Å²) < 4.78 is 5.61. The highest BCUT2D eigenvalue weighted by Crippen LogP contribution is 2.10. The first-order valence-corrected chi connectivity index (χ1v) is 8.05. The average molecular weight is 305 g/mol. The highest BCUT2D eigenvalue weighted by atomic mass is 16.5. The molecule has 1 N–H and O–H groups in total. The van der Waals surface area contributed by atoms with Crippen LogP contribution in [0.5, 0.6) is 5.75 Å².